The van der Waals surface area contributed by atoms with E-state index >= 15 is 0 Å². The number of nitrogens with one attached hydrogen (secondary N) is 1. The van der Waals surface area contributed by atoms with Crippen molar-refractivity contribution in [3.05, 3.63) is 84.1 Å². The maximum atomic E-state index is 13.3. The lowest BCUT2D eigenvalue weighted by Gasteiger charge is -2.10. The topological polar surface area (TPSA) is 83.8 Å². The second kappa shape index (κ2) is 9.19. The number of fused-ring (bicyclic) bond motifs is 1. The van der Waals surface area contributed by atoms with Gasteiger partial charge in [-0.2, -0.15) is 5.10 Å². The molecule has 1 aliphatic heterocycles. The zero-order valence-corrected chi connectivity index (χ0v) is 18.8. The van der Waals surface area contributed by atoms with Gasteiger partial charge in [0, 0.05) is 18.3 Å². The number of amides is 1. The molecule has 34 heavy (non-hydrogen) atoms. The van der Waals surface area contributed by atoms with Crippen LogP contribution >= 0.6 is 0 Å². The van der Waals surface area contributed by atoms with Gasteiger partial charge in [-0.15, -0.1) is 0 Å². The molecule has 4 aromatic rings. The van der Waals surface area contributed by atoms with Gasteiger partial charge in [-0.05, 0) is 48.0 Å². The van der Waals surface area contributed by atoms with Crippen LogP contribution in [0, 0.1) is 0 Å². The van der Waals surface area contributed by atoms with Gasteiger partial charge in [0.1, 0.15) is 5.69 Å². The Morgan fingerprint density at radius 3 is 2.56 bits per heavy atom. The minimum atomic E-state index is -0.246. The number of carbonyl (C=O) groups is 1. The van der Waals surface area contributed by atoms with Crippen LogP contribution in [0.4, 0.5) is 0 Å². The molecule has 0 aliphatic carbocycles. The third-order valence-electron chi connectivity index (χ3n) is 5.53. The van der Waals surface area contributed by atoms with Crippen LogP contribution in [0.1, 0.15) is 15.9 Å². The number of methoxy groups -OCH3 is 2. The number of para-hydroxylation sites is 1. The van der Waals surface area contributed by atoms with Crippen molar-refractivity contribution in [3.63, 3.8) is 0 Å². The number of nitrogens with zero attached hydrogens (tertiary/aromatic N) is 2. The Bertz CT molecular complexity index is 1330. The molecular weight excluding hydrogens is 434 g/mol. The minimum absolute atomic E-state index is 0.207. The van der Waals surface area contributed by atoms with E-state index in [4.69, 9.17) is 24.0 Å². The van der Waals surface area contributed by atoms with Crippen LogP contribution in [-0.4, -0.2) is 36.7 Å². The number of ether oxygens (including phenoxy) is 4. The first kappa shape index (κ1) is 21.4. The molecule has 8 nitrogen and oxygen atoms in total. The highest BCUT2D eigenvalue weighted by molar-refractivity contribution is 6.00. The maximum absolute atomic E-state index is 13.3. The molecule has 0 fully saturated rings. The fourth-order valence-electron chi connectivity index (χ4n) is 3.78. The molecule has 1 aliphatic rings. The molecule has 1 aromatic heterocycles. The third-order valence-corrected chi connectivity index (χ3v) is 5.53. The molecule has 172 valence electrons. The molecule has 3 aromatic carbocycles. The van der Waals surface area contributed by atoms with E-state index in [1.807, 2.05) is 60.7 Å². The zero-order valence-electron chi connectivity index (χ0n) is 18.8. The molecule has 5 rings (SSSR count). The zero-order chi connectivity index (χ0) is 23.5. The van der Waals surface area contributed by atoms with Gasteiger partial charge in [-0.25, -0.2) is 4.68 Å². The number of aromatic nitrogens is 2. The van der Waals surface area contributed by atoms with Gasteiger partial charge >= 0.3 is 0 Å². The number of hydrogen-bond donors (Lipinski definition) is 1. The van der Waals surface area contributed by atoms with E-state index in [0.717, 1.165) is 16.8 Å². The standard InChI is InChI=1S/C26H23N3O5/c1-31-21-11-9-18(13-23(21)32-2)25-20(15-29(28-25)19-6-4-3-5-7-19)26(30)27-14-17-8-10-22-24(12-17)34-16-33-22/h3-13,15H,14,16H2,1-2H3,(H,27,30). The summed E-state index contributed by atoms with van der Waals surface area (Å²) in [4.78, 5) is 13.3. The van der Waals surface area contributed by atoms with Crippen molar-refractivity contribution in [1.82, 2.24) is 15.1 Å². The largest absolute Gasteiger partial charge is 0.493 e. The molecule has 2 heterocycles. The van der Waals surface area contributed by atoms with Crippen molar-refractivity contribution in [2.45, 2.75) is 6.54 Å². The first-order valence-electron chi connectivity index (χ1n) is 10.7. The van der Waals surface area contributed by atoms with Gasteiger partial charge in [0.2, 0.25) is 6.79 Å². The molecule has 0 atom stereocenters. The fraction of sp³-hybridized carbons (Fsp3) is 0.154. The molecule has 8 heteroatoms. The van der Waals surface area contributed by atoms with E-state index in [1.165, 1.54) is 0 Å². The Balaban J connectivity index is 1.47. The summed E-state index contributed by atoms with van der Waals surface area (Å²) in [5.41, 5.74) is 3.46. The molecule has 0 saturated carbocycles. The highest BCUT2D eigenvalue weighted by atomic mass is 16.7. The lowest BCUT2D eigenvalue weighted by Crippen LogP contribution is -2.23. The number of benzene rings is 3. The average Bonchev–Trinajstić information content (AvgIpc) is 3.54. The molecule has 1 amide bonds. The smallest absolute Gasteiger partial charge is 0.255 e. The van der Waals surface area contributed by atoms with E-state index in [2.05, 4.69) is 5.32 Å². The molecular formula is C26H23N3O5. The maximum Gasteiger partial charge on any atom is 0.255 e. The summed E-state index contributed by atoms with van der Waals surface area (Å²) >= 11 is 0. The van der Waals surface area contributed by atoms with Crippen LogP contribution in [0.25, 0.3) is 16.9 Å². The molecule has 0 saturated heterocycles. The van der Waals surface area contributed by atoms with E-state index in [-0.39, 0.29) is 12.7 Å². The van der Waals surface area contributed by atoms with E-state index in [0.29, 0.717) is 40.8 Å². The first-order valence-corrected chi connectivity index (χ1v) is 10.7. The average molecular weight is 457 g/mol. The van der Waals surface area contributed by atoms with Crippen molar-refractivity contribution >= 4 is 5.91 Å². The Morgan fingerprint density at radius 1 is 0.971 bits per heavy atom. The predicted octanol–water partition coefficient (Wildman–Crippen LogP) is 4.22. The third kappa shape index (κ3) is 4.13. The van der Waals surface area contributed by atoms with Crippen LogP contribution in [0.2, 0.25) is 0 Å². The van der Waals surface area contributed by atoms with Gasteiger partial charge < -0.3 is 24.3 Å². The van der Waals surface area contributed by atoms with Crippen molar-refractivity contribution < 1.29 is 23.7 Å². The van der Waals surface area contributed by atoms with Crippen LogP contribution in [0.3, 0.4) is 0 Å². The summed E-state index contributed by atoms with van der Waals surface area (Å²) in [7, 11) is 3.15. The summed E-state index contributed by atoms with van der Waals surface area (Å²) < 4.78 is 23.3. The summed E-state index contributed by atoms with van der Waals surface area (Å²) in [6.07, 6.45) is 1.73. The Kier molecular flexibility index (Phi) is 5.78. The summed E-state index contributed by atoms with van der Waals surface area (Å²) in [5, 5.41) is 7.72. The van der Waals surface area contributed by atoms with Crippen LogP contribution in [0.5, 0.6) is 23.0 Å². The van der Waals surface area contributed by atoms with Gasteiger partial charge in [-0.1, -0.05) is 24.3 Å². The predicted molar refractivity (Wildman–Crippen MR) is 126 cm³/mol. The molecule has 0 bridgehead atoms. The SMILES string of the molecule is COc1ccc(-c2nn(-c3ccccc3)cc2C(=O)NCc2ccc3c(c2)OCO3)cc1OC. The monoisotopic (exact) mass is 457 g/mol. The lowest BCUT2D eigenvalue weighted by molar-refractivity contribution is 0.0951. The Morgan fingerprint density at radius 2 is 1.76 bits per heavy atom. The van der Waals surface area contributed by atoms with Gasteiger partial charge in [0.25, 0.3) is 5.91 Å². The van der Waals surface area contributed by atoms with E-state index < -0.39 is 0 Å². The quantitative estimate of drug-likeness (QED) is 0.448. The van der Waals surface area contributed by atoms with Gasteiger partial charge in [-0.3, -0.25) is 4.79 Å². The molecule has 1 N–H and O–H groups in total. The highest BCUT2D eigenvalue weighted by Crippen LogP contribution is 2.34. The minimum Gasteiger partial charge on any atom is -0.493 e. The molecule has 0 spiro atoms. The van der Waals surface area contributed by atoms with Crippen LogP contribution in [-0.2, 0) is 6.54 Å². The van der Waals surface area contributed by atoms with Crippen molar-refractivity contribution in [2.24, 2.45) is 0 Å². The van der Waals surface area contributed by atoms with E-state index in [1.54, 1.807) is 31.2 Å². The van der Waals surface area contributed by atoms with Gasteiger partial charge in [0.05, 0.1) is 25.5 Å². The van der Waals surface area contributed by atoms with Crippen LogP contribution in [0.15, 0.2) is 72.9 Å². The summed E-state index contributed by atoms with van der Waals surface area (Å²) in [6, 6.07) is 20.7. The first-order chi connectivity index (χ1) is 16.7. The van der Waals surface area contributed by atoms with Crippen LogP contribution < -0.4 is 24.3 Å². The lowest BCUT2D eigenvalue weighted by atomic mass is 10.1. The van der Waals surface area contributed by atoms with E-state index in [9.17, 15) is 4.79 Å². The fourth-order valence-corrected chi connectivity index (χ4v) is 3.78. The Hall–Kier alpha value is -4.46. The molecule has 0 unspecified atom stereocenters. The Labute approximate surface area is 196 Å². The van der Waals surface area contributed by atoms with Crippen molar-refractivity contribution in [2.75, 3.05) is 21.0 Å². The van der Waals surface area contributed by atoms with Crippen molar-refractivity contribution in [3.8, 4) is 39.9 Å². The van der Waals surface area contributed by atoms with Gasteiger partial charge in [0.15, 0.2) is 23.0 Å². The highest BCUT2D eigenvalue weighted by Gasteiger charge is 2.20. The van der Waals surface area contributed by atoms with Crippen molar-refractivity contribution in [1.29, 1.82) is 0 Å². The molecule has 0 radical (unpaired) electrons. The normalized spacial score (nSPS) is 11.8. The summed E-state index contributed by atoms with van der Waals surface area (Å²) in [6.45, 7) is 0.538. The number of carbonyl (C=O) groups excluding carboxylic acids is 1. The second-order valence-electron chi connectivity index (χ2n) is 7.61. The second-order valence-corrected chi connectivity index (χ2v) is 7.61. The number of rotatable bonds is 7. The number of hydrogen-bond acceptors (Lipinski definition) is 6. The summed E-state index contributed by atoms with van der Waals surface area (Å²) in [5.74, 6) is 2.29.